The molecule has 0 saturated carbocycles. The maximum Gasteiger partial charge on any atom is 0.0962 e. The Bertz CT molecular complexity index is 482. The van der Waals surface area contributed by atoms with E-state index in [0.29, 0.717) is 5.92 Å². The SMILES string of the molecule is CCC/C(=C(\C)C#N)N(CCC)CC(C)c1ccccc1. The van der Waals surface area contributed by atoms with Crippen LogP contribution < -0.4 is 0 Å². The first kappa shape index (κ1) is 17.3. The minimum atomic E-state index is 0.469. The molecule has 0 aliphatic carbocycles. The Labute approximate surface area is 130 Å². The van der Waals surface area contributed by atoms with E-state index in [1.54, 1.807) is 0 Å². The molecule has 0 fully saturated rings. The van der Waals surface area contributed by atoms with Gasteiger partial charge in [-0.2, -0.15) is 5.26 Å². The van der Waals surface area contributed by atoms with E-state index >= 15 is 0 Å². The molecule has 21 heavy (non-hydrogen) atoms. The van der Waals surface area contributed by atoms with E-state index in [2.05, 4.69) is 62.1 Å². The summed E-state index contributed by atoms with van der Waals surface area (Å²) in [6, 6.07) is 13.0. The summed E-state index contributed by atoms with van der Waals surface area (Å²) in [5.74, 6) is 0.469. The molecule has 0 heterocycles. The fraction of sp³-hybridized carbons (Fsp3) is 0.526. The number of hydrogen-bond acceptors (Lipinski definition) is 2. The van der Waals surface area contributed by atoms with Gasteiger partial charge in [0.1, 0.15) is 0 Å². The minimum Gasteiger partial charge on any atom is -0.373 e. The highest BCUT2D eigenvalue weighted by Gasteiger charge is 2.15. The van der Waals surface area contributed by atoms with Crippen molar-refractivity contribution in [2.45, 2.75) is 52.9 Å². The fourth-order valence-electron chi connectivity index (χ4n) is 2.71. The van der Waals surface area contributed by atoms with Crippen LogP contribution in [0.5, 0.6) is 0 Å². The lowest BCUT2D eigenvalue weighted by atomic mass is 9.99. The molecular weight excluding hydrogens is 256 g/mol. The van der Waals surface area contributed by atoms with E-state index in [1.807, 2.05) is 6.92 Å². The maximum atomic E-state index is 9.27. The molecule has 0 aliphatic heterocycles. The van der Waals surface area contributed by atoms with Crippen LogP contribution in [0, 0.1) is 11.3 Å². The van der Waals surface area contributed by atoms with E-state index in [0.717, 1.165) is 37.9 Å². The Kier molecular flexibility index (Phi) is 7.61. The third-order valence-corrected chi connectivity index (χ3v) is 3.83. The monoisotopic (exact) mass is 284 g/mol. The third kappa shape index (κ3) is 5.27. The van der Waals surface area contributed by atoms with E-state index in [1.165, 1.54) is 11.3 Å². The molecule has 1 rings (SSSR count). The largest absolute Gasteiger partial charge is 0.373 e. The molecule has 2 nitrogen and oxygen atoms in total. The summed E-state index contributed by atoms with van der Waals surface area (Å²) in [5.41, 5.74) is 3.46. The molecule has 0 amide bonds. The fourth-order valence-corrected chi connectivity index (χ4v) is 2.71. The Morgan fingerprint density at radius 3 is 2.38 bits per heavy atom. The zero-order valence-electron chi connectivity index (χ0n) is 13.9. The summed E-state index contributed by atoms with van der Waals surface area (Å²) < 4.78 is 0. The van der Waals surface area contributed by atoms with Gasteiger partial charge in [0.05, 0.1) is 6.07 Å². The number of benzene rings is 1. The number of rotatable bonds is 8. The van der Waals surface area contributed by atoms with Crippen LogP contribution in [0.3, 0.4) is 0 Å². The first-order valence-electron chi connectivity index (χ1n) is 8.03. The van der Waals surface area contributed by atoms with Gasteiger partial charge in [0.2, 0.25) is 0 Å². The summed E-state index contributed by atoms with van der Waals surface area (Å²) in [4.78, 5) is 2.42. The maximum absolute atomic E-state index is 9.27. The zero-order valence-corrected chi connectivity index (χ0v) is 13.9. The number of nitrogens with zero attached hydrogens (tertiary/aromatic N) is 2. The molecule has 0 aliphatic rings. The van der Waals surface area contributed by atoms with Crippen molar-refractivity contribution < 1.29 is 0 Å². The van der Waals surface area contributed by atoms with Gasteiger partial charge in [-0.15, -0.1) is 0 Å². The van der Waals surface area contributed by atoms with Crippen LogP contribution in [0.4, 0.5) is 0 Å². The summed E-state index contributed by atoms with van der Waals surface area (Å²) in [7, 11) is 0. The van der Waals surface area contributed by atoms with Crippen LogP contribution in [0.1, 0.15) is 58.4 Å². The molecule has 0 bridgehead atoms. The van der Waals surface area contributed by atoms with Gasteiger partial charge in [0.15, 0.2) is 0 Å². The lowest BCUT2D eigenvalue weighted by Crippen LogP contribution is -2.29. The molecule has 0 N–H and O–H groups in total. The van der Waals surface area contributed by atoms with E-state index < -0.39 is 0 Å². The average molecular weight is 284 g/mol. The van der Waals surface area contributed by atoms with Crippen LogP contribution in [0.2, 0.25) is 0 Å². The molecule has 0 spiro atoms. The third-order valence-electron chi connectivity index (χ3n) is 3.83. The standard InChI is InChI=1S/C19H28N2/c1-5-10-19(16(3)14-20)21(13-6-2)15-17(4)18-11-8-7-9-12-18/h7-9,11-12,17H,5-6,10,13,15H2,1-4H3/b19-16-. The average Bonchev–Trinajstić information content (AvgIpc) is 2.52. The summed E-state index contributed by atoms with van der Waals surface area (Å²) >= 11 is 0. The van der Waals surface area contributed by atoms with Gasteiger partial charge in [0.25, 0.3) is 0 Å². The second kappa shape index (κ2) is 9.23. The highest BCUT2D eigenvalue weighted by atomic mass is 15.1. The van der Waals surface area contributed by atoms with Gasteiger partial charge >= 0.3 is 0 Å². The Balaban J connectivity index is 2.93. The second-order valence-electron chi connectivity index (χ2n) is 5.69. The Hall–Kier alpha value is -1.75. The van der Waals surface area contributed by atoms with E-state index in [4.69, 9.17) is 0 Å². The van der Waals surface area contributed by atoms with Crippen LogP contribution in [0.25, 0.3) is 0 Å². The highest BCUT2D eigenvalue weighted by molar-refractivity contribution is 5.26. The molecule has 0 radical (unpaired) electrons. The number of allylic oxidation sites excluding steroid dienone is 2. The molecule has 0 aromatic heterocycles. The molecule has 0 saturated heterocycles. The van der Waals surface area contributed by atoms with Gasteiger partial charge < -0.3 is 4.90 Å². The van der Waals surface area contributed by atoms with E-state index in [9.17, 15) is 5.26 Å². The Morgan fingerprint density at radius 1 is 1.19 bits per heavy atom. The number of nitriles is 1. The minimum absolute atomic E-state index is 0.469. The van der Waals surface area contributed by atoms with Crippen molar-refractivity contribution in [3.63, 3.8) is 0 Å². The number of hydrogen-bond donors (Lipinski definition) is 0. The van der Waals surface area contributed by atoms with Crippen LogP contribution in [-0.2, 0) is 0 Å². The molecule has 1 atom stereocenters. The normalized spacial score (nSPS) is 13.3. The highest BCUT2D eigenvalue weighted by Crippen LogP contribution is 2.22. The molecule has 114 valence electrons. The predicted octanol–water partition coefficient (Wildman–Crippen LogP) is 5.10. The lowest BCUT2D eigenvalue weighted by molar-refractivity contribution is 0.312. The van der Waals surface area contributed by atoms with Crippen molar-refractivity contribution in [1.82, 2.24) is 4.90 Å². The van der Waals surface area contributed by atoms with Crippen LogP contribution in [-0.4, -0.2) is 18.0 Å². The summed E-state index contributed by atoms with van der Waals surface area (Å²) in [6.45, 7) is 10.6. The molecule has 1 aromatic rings. The van der Waals surface area contributed by atoms with Crippen molar-refractivity contribution in [3.8, 4) is 6.07 Å². The van der Waals surface area contributed by atoms with Crippen molar-refractivity contribution in [3.05, 3.63) is 47.2 Å². The van der Waals surface area contributed by atoms with Gasteiger partial charge in [-0.25, -0.2) is 0 Å². The molecular formula is C19H28N2. The first-order chi connectivity index (χ1) is 10.1. The van der Waals surface area contributed by atoms with Crippen LogP contribution in [0.15, 0.2) is 41.6 Å². The van der Waals surface area contributed by atoms with E-state index in [-0.39, 0.29) is 0 Å². The smallest absolute Gasteiger partial charge is 0.0962 e. The predicted molar refractivity (Wildman–Crippen MR) is 89.9 cm³/mol. The molecule has 1 aromatic carbocycles. The van der Waals surface area contributed by atoms with Gasteiger partial charge in [-0.1, -0.05) is 57.5 Å². The summed E-state index contributed by atoms with van der Waals surface area (Å²) in [6.07, 6.45) is 3.17. The van der Waals surface area contributed by atoms with Crippen molar-refractivity contribution in [1.29, 1.82) is 5.26 Å². The van der Waals surface area contributed by atoms with Gasteiger partial charge in [-0.3, -0.25) is 0 Å². The zero-order chi connectivity index (χ0) is 15.7. The van der Waals surface area contributed by atoms with Crippen molar-refractivity contribution >= 4 is 0 Å². The molecule has 2 heteroatoms. The van der Waals surface area contributed by atoms with Gasteiger partial charge in [-0.05, 0) is 31.2 Å². The first-order valence-corrected chi connectivity index (χ1v) is 8.03. The second-order valence-corrected chi connectivity index (χ2v) is 5.69. The topological polar surface area (TPSA) is 27.0 Å². The van der Waals surface area contributed by atoms with Crippen LogP contribution >= 0.6 is 0 Å². The van der Waals surface area contributed by atoms with Crippen molar-refractivity contribution in [2.24, 2.45) is 0 Å². The quantitative estimate of drug-likeness (QED) is 0.621. The van der Waals surface area contributed by atoms with Gasteiger partial charge in [0, 0.05) is 24.4 Å². The molecule has 1 unspecified atom stereocenters. The lowest BCUT2D eigenvalue weighted by Gasteiger charge is -2.31. The summed E-state index contributed by atoms with van der Waals surface area (Å²) in [5, 5.41) is 9.27. The van der Waals surface area contributed by atoms with Crippen molar-refractivity contribution in [2.75, 3.05) is 13.1 Å². The Morgan fingerprint density at radius 2 is 1.86 bits per heavy atom.